The SMILES string of the molecule is CCCCCCCCCCCCCC(=O)OCc1ccc(CC)cc1. The van der Waals surface area contributed by atoms with Crippen molar-refractivity contribution < 1.29 is 9.53 Å². The smallest absolute Gasteiger partial charge is 0.306 e. The molecule has 142 valence electrons. The summed E-state index contributed by atoms with van der Waals surface area (Å²) in [5.74, 6) is -0.0597. The lowest BCUT2D eigenvalue weighted by Gasteiger charge is -2.06. The van der Waals surface area contributed by atoms with E-state index in [-0.39, 0.29) is 5.97 Å². The second-order valence-electron chi connectivity index (χ2n) is 7.12. The minimum Gasteiger partial charge on any atom is -0.461 e. The van der Waals surface area contributed by atoms with Crippen LogP contribution < -0.4 is 0 Å². The van der Waals surface area contributed by atoms with Crippen LogP contribution >= 0.6 is 0 Å². The number of benzene rings is 1. The molecule has 1 aromatic carbocycles. The van der Waals surface area contributed by atoms with Crippen LogP contribution in [0.2, 0.25) is 0 Å². The highest BCUT2D eigenvalue weighted by molar-refractivity contribution is 5.69. The standard InChI is InChI=1S/C23H38O2/c1-3-5-6-7-8-9-10-11-12-13-14-15-23(24)25-20-22-18-16-21(4-2)17-19-22/h16-19H,3-15,20H2,1-2H3. The molecule has 0 spiro atoms. The first kappa shape index (κ1) is 21.7. The van der Waals surface area contributed by atoms with Gasteiger partial charge in [0.25, 0.3) is 0 Å². The van der Waals surface area contributed by atoms with Crippen molar-refractivity contribution in [3.05, 3.63) is 35.4 Å². The van der Waals surface area contributed by atoms with Crippen molar-refractivity contribution in [2.45, 2.75) is 104 Å². The van der Waals surface area contributed by atoms with Crippen LogP contribution in [0.4, 0.5) is 0 Å². The molecule has 0 heterocycles. The van der Waals surface area contributed by atoms with Gasteiger partial charge < -0.3 is 4.74 Å². The largest absolute Gasteiger partial charge is 0.461 e. The Kier molecular flexibility index (Phi) is 13.0. The van der Waals surface area contributed by atoms with Gasteiger partial charge in [0.05, 0.1) is 0 Å². The topological polar surface area (TPSA) is 26.3 Å². The zero-order chi connectivity index (χ0) is 18.2. The molecule has 0 saturated carbocycles. The maximum atomic E-state index is 11.8. The Morgan fingerprint density at radius 3 is 1.72 bits per heavy atom. The molecule has 0 atom stereocenters. The van der Waals surface area contributed by atoms with Crippen molar-refractivity contribution in [1.82, 2.24) is 0 Å². The monoisotopic (exact) mass is 346 g/mol. The third kappa shape index (κ3) is 11.8. The maximum Gasteiger partial charge on any atom is 0.306 e. The van der Waals surface area contributed by atoms with E-state index in [1.807, 2.05) is 12.1 Å². The summed E-state index contributed by atoms with van der Waals surface area (Å²) >= 11 is 0. The van der Waals surface area contributed by atoms with Crippen molar-refractivity contribution >= 4 is 5.97 Å². The third-order valence-corrected chi connectivity index (χ3v) is 4.82. The van der Waals surface area contributed by atoms with E-state index < -0.39 is 0 Å². The fourth-order valence-electron chi connectivity index (χ4n) is 3.04. The van der Waals surface area contributed by atoms with Crippen LogP contribution in [0.25, 0.3) is 0 Å². The fourth-order valence-corrected chi connectivity index (χ4v) is 3.04. The molecule has 0 radical (unpaired) electrons. The summed E-state index contributed by atoms with van der Waals surface area (Å²) in [6, 6.07) is 8.31. The number of carbonyl (C=O) groups is 1. The molecule has 0 aliphatic heterocycles. The van der Waals surface area contributed by atoms with Crippen molar-refractivity contribution in [2.75, 3.05) is 0 Å². The van der Waals surface area contributed by atoms with E-state index in [1.54, 1.807) is 0 Å². The van der Waals surface area contributed by atoms with Gasteiger partial charge in [-0.15, -0.1) is 0 Å². The second kappa shape index (κ2) is 15.0. The Morgan fingerprint density at radius 2 is 1.20 bits per heavy atom. The molecule has 0 bridgehead atoms. The Morgan fingerprint density at radius 1 is 0.720 bits per heavy atom. The Balaban J connectivity index is 1.91. The van der Waals surface area contributed by atoms with Gasteiger partial charge in [0.2, 0.25) is 0 Å². The van der Waals surface area contributed by atoms with Crippen LogP contribution in [0.1, 0.15) is 102 Å². The highest BCUT2D eigenvalue weighted by atomic mass is 16.5. The van der Waals surface area contributed by atoms with E-state index in [0.717, 1.165) is 24.8 Å². The average molecular weight is 347 g/mol. The minimum absolute atomic E-state index is 0.0597. The summed E-state index contributed by atoms with van der Waals surface area (Å²) in [5, 5.41) is 0. The van der Waals surface area contributed by atoms with E-state index in [2.05, 4.69) is 26.0 Å². The van der Waals surface area contributed by atoms with Crippen molar-refractivity contribution in [3.8, 4) is 0 Å². The van der Waals surface area contributed by atoms with Gasteiger partial charge in [-0.2, -0.15) is 0 Å². The zero-order valence-corrected chi connectivity index (χ0v) is 16.5. The van der Waals surface area contributed by atoms with Gasteiger partial charge in [0.1, 0.15) is 6.61 Å². The number of hydrogen-bond acceptors (Lipinski definition) is 2. The molecule has 1 rings (SSSR count). The zero-order valence-electron chi connectivity index (χ0n) is 16.5. The molecule has 0 aliphatic rings. The van der Waals surface area contributed by atoms with Crippen LogP contribution in [0, 0.1) is 0 Å². The predicted molar refractivity (Wildman–Crippen MR) is 107 cm³/mol. The molecule has 0 fully saturated rings. The van der Waals surface area contributed by atoms with Crippen LogP contribution in [-0.4, -0.2) is 5.97 Å². The fraction of sp³-hybridized carbons (Fsp3) is 0.696. The molecule has 0 amide bonds. The molecule has 0 aromatic heterocycles. The summed E-state index contributed by atoms with van der Waals surface area (Å²) in [4.78, 5) is 11.8. The Labute approximate surface area is 155 Å². The van der Waals surface area contributed by atoms with Crippen molar-refractivity contribution in [2.24, 2.45) is 0 Å². The predicted octanol–water partition coefficient (Wildman–Crippen LogP) is 6.99. The van der Waals surface area contributed by atoms with Gasteiger partial charge in [0.15, 0.2) is 0 Å². The highest BCUT2D eigenvalue weighted by Gasteiger charge is 2.03. The highest BCUT2D eigenvalue weighted by Crippen LogP contribution is 2.12. The molecule has 0 N–H and O–H groups in total. The number of hydrogen-bond donors (Lipinski definition) is 0. The van der Waals surface area contributed by atoms with Crippen LogP contribution in [0.3, 0.4) is 0 Å². The van der Waals surface area contributed by atoms with Gasteiger partial charge in [-0.1, -0.05) is 102 Å². The molecule has 2 nitrogen and oxygen atoms in total. The average Bonchev–Trinajstić information content (AvgIpc) is 2.65. The van der Waals surface area contributed by atoms with Crippen molar-refractivity contribution in [3.63, 3.8) is 0 Å². The van der Waals surface area contributed by atoms with E-state index in [0.29, 0.717) is 13.0 Å². The number of aryl methyl sites for hydroxylation is 1. The first-order valence-electron chi connectivity index (χ1n) is 10.5. The molecule has 0 aliphatic carbocycles. The van der Waals surface area contributed by atoms with E-state index >= 15 is 0 Å². The van der Waals surface area contributed by atoms with Gasteiger partial charge in [-0.25, -0.2) is 0 Å². The van der Waals surface area contributed by atoms with Crippen LogP contribution in [-0.2, 0) is 22.6 Å². The van der Waals surface area contributed by atoms with E-state index in [1.165, 1.54) is 63.4 Å². The summed E-state index contributed by atoms with van der Waals surface area (Å²) < 4.78 is 5.35. The molecular formula is C23H38O2. The summed E-state index contributed by atoms with van der Waals surface area (Å²) in [6.07, 6.45) is 15.9. The third-order valence-electron chi connectivity index (χ3n) is 4.82. The molecule has 25 heavy (non-hydrogen) atoms. The van der Waals surface area contributed by atoms with E-state index in [9.17, 15) is 4.79 Å². The lowest BCUT2D eigenvalue weighted by molar-refractivity contribution is -0.145. The minimum atomic E-state index is -0.0597. The number of rotatable bonds is 15. The summed E-state index contributed by atoms with van der Waals surface area (Å²) in [5.41, 5.74) is 2.39. The summed E-state index contributed by atoms with van der Waals surface area (Å²) in [6.45, 7) is 4.81. The molecule has 0 unspecified atom stereocenters. The molecule has 2 heteroatoms. The number of carbonyl (C=O) groups excluding carboxylic acids is 1. The first-order valence-corrected chi connectivity index (χ1v) is 10.5. The molecule has 1 aromatic rings. The molecular weight excluding hydrogens is 308 g/mol. The Hall–Kier alpha value is -1.31. The van der Waals surface area contributed by atoms with Gasteiger partial charge in [0, 0.05) is 6.42 Å². The lowest BCUT2D eigenvalue weighted by atomic mass is 10.1. The normalized spacial score (nSPS) is 10.8. The van der Waals surface area contributed by atoms with Gasteiger partial charge >= 0.3 is 5.97 Å². The number of ether oxygens (including phenoxy) is 1. The second-order valence-corrected chi connectivity index (χ2v) is 7.12. The van der Waals surface area contributed by atoms with E-state index in [4.69, 9.17) is 4.74 Å². The first-order chi connectivity index (χ1) is 12.3. The maximum absolute atomic E-state index is 11.8. The number of esters is 1. The Bertz CT molecular complexity index is 436. The lowest BCUT2D eigenvalue weighted by Crippen LogP contribution is -2.04. The van der Waals surface area contributed by atoms with Crippen LogP contribution in [0.5, 0.6) is 0 Å². The number of unbranched alkanes of at least 4 members (excludes halogenated alkanes) is 10. The quantitative estimate of drug-likeness (QED) is 0.252. The van der Waals surface area contributed by atoms with Crippen molar-refractivity contribution in [1.29, 1.82) is 0 Å². The van der Waals surface area contributed by atoms with Crippen LogP contribution in [0.15, 0.2) is 24.3 Å². The van der Waals surface area contributed by atoms with Gasteiger partial charge in [-0.3, -0.25) is 4.79 Å². The summed E-state index contributed by atoms with van der Waals surface area (Å²) in [7, 11) is 0. The van der Waals surface area contributed by atoms with Gasteiger partial charge in [-0.05, 0) is 24.0 Å². The molecule has 0 saturated heterocycles.